The van der Waals surface area contributed by atoms with Crippen molar-refractivity contribution in [2.24, 2.45) is 5.92 Å². The van der Waals surface area contributed by atoms with Crippen LogP contribution in [0.3, 0.4) is 0 Å². The highest BCUT2D eigenvalue weighted by atomic mass is 32.2. The minimum atomic E-state index is -0.272. The summed E-state index contributed by atoms with van der Waals surface area (Å²) in [5.74, 6) is 0.777. The van der Waals surface area contributed by atoms with Gasteiger partial charge in [-0.05, 0) is 36.2 Å². The molecule has 2 aromatic carbocycles. The highest BCUT2D eigenvalue weighted by Gasteiger charge is 2.15. The van der Waals surface area contributed by atoms with Crippen molar-refractivity contribution in [2.45, 2.75) is 25.5 Å². The highest BCUT2D eigenvalue weighted by molar-refractivity contribution is 7.99. The molecule has 0 radical (unpaired) electrons. The molecule has 0 amide bonds. The van der Waals surface area contributed by atoms with E-state index in [2.05, 4.69) is 34.4 Å². The summed E-state index contributed by atoms with van der Waals surface area (Å²) >= 11 is 1.45. The molecule has 0 unspecified atom stereocenters. The molecule has 27 heavy (non-hydrogen) atoms. The van der Waals surface area contributed by atoms with Crippen LogP contribution in [0.1, 0.15) is 24.2 Å². The summed E-state index contributed by atoms with van der Waals surface area (Å²) in [7, 11) is 0. The Morgan fingerprint density at radius 2 is 1.93 bits per heavy atom. The van der Waals surface area contributed by atoms with Gasteiger partial charge in [-0.3, -0.25) is 4.79 Å². The van der Waals surface area contributed by atoms with E-state index in [1.165, 1.54) is 11.8 Å². The van der Waals surface area contributed by atoms with Gasteiger partial charge in [0.15, 0.2) is 10.9 Å². The number of carbonyl (C=O) groups excluding carboxylic acids is 1. The van der Waals surface area contributed by atoms with Crippen molar-refractivity contribution >= 4 is 39.6 Å². The number of aromatic nitrogens is 4. The molecule has 0 spiro atoms. The third-order valence-corrected chi connectivity index (χ3v) is 5.31. The van der Waals surface area contributed by atoms with Crippen molar-refractivity contribution in [1.29, 1.82) is 0 Å². The van der Waals surface area contributed by atoms with Crippen LogP contribution in [0.15, 0.2) is 52.4 Å². The largest absolute Gasteiger partial charge is 0.323 e. The van der Waals surface area contributed by atoms with Crippen molar-refractivity contribution in [3.63, 3.8) is 0 Å². The van der Waals surface area contributed by atoms with E-state index >= 15 is 0 Å². The molecule has 0 bridgehead atoms. The molecule has 0 aliphatic carbocycles. The number of ketones is 1. The van der Waals surface area contributed by atoms with Crippen LogP contribution < -0.4 is 5.69 Å². The normalized spacial score (nSPS) is 11.7. The zero-order valence-corrected chi connectivity index (χ0v) is 16.0. The number of H-pyrrole nitrogens is 2. The first-order valence-electron chi connectivity index (χ1n) is 8.84. The zero-order chi connectivity index (χ0) is 19.0. The van der Waals surface area contributed by atoms with Crippen molar-refractivity contribution in [2.75, 3.05) is 5.75 Å². The fourth-order valence-electron chi connectivity index (χ4n) is 3.12. The van der Waals surface area contributed by atoms with E-state index in [0.29, 0.717) is 28.3 Å². The van der Waals surface area contributed by atoms with Gasteiger partial charge < -0.3 is 14.5 Å². The molecule has 0 fully saturated rings. The number of aromatic amines is 2. The number of carbonyl (C=O) groups is 1. The van der Waals surface area contributed by atoms with Crippen LogP contribution in [-0.2, 0) is 6.54 Å². The van der Waals surface area contributed by atoms with Gasteiger partial charge in [-0.2, -0.15) is 0 Å². The molecule has 138 valence electrons. The molecule has 2 N–H and O–H groups in total. The number of rotatable bonds is 6. The monoisotopic (exact) mass is 380 g/mol. The average Bonchev–Trinajstić information content (AvgIpc) is 3.18. The number of Topliss-reactive ketones (excluding diaryl/α,β-unsaturated/α-hetero) is 1. The minimum Gasteiger partial charge on any atom is -0.319 e. The SMILES string of the molecule is CC(C)Cn1c(SCC(=O)c2ccc3[nH]c(=O)[nH]c3c2)nc2ccccc21. The Hall–Kier alpha value is -2.80. The van der Waals surface area contributed by atoms with Gasteiger partial charge in [0.05, 0.1) is 27.8 Å². The van der Waals surface area contributed by atoms with Crippen LogP contribution in [-0.4, -0.2) is 31.1 Å². The van der Waals surface area contributed by atoms with Crippen LogP contribution in [0.4, 0.5) is 0 Å². The van der Waals surface area contributed by atoms with E-state index in [4.69, 9.17) is 4.98 Å². The molecule has 6 nitrogen and oxygen atoms in total. The maximum absolute atomic E-state index is 12.7. The number of nitrogens with one attached hydrogen (secondary N) is 2. The lowest BCUT2D eigenvalue weighted by Gasteiger charge is -2.11. The Bertz CT molecular complexity index is 1190. The first kappa shape index (κ1) is 17.6. The standard InChI is InChI=1S/C20H20N4O2S/c1-12(2)10-24-17-6-4-3-5-15(17)23-20(24)27-11-18(25)13-7-8-14-16(9-13)22-19(26)21-14/h3-9,12H,10-11H2,1-2H3,(H2,21,22,26). The molecule has 0 aliphatic rings. The van der Waals surface area contributed by atoms with Gasteiger partial charge >= 0.3 is 5.69 Å². The molecule has 4 aromatic rings. The lowest BCUT2D eigenvalue weighted by atomic mass is 10.1. The summed E-state index contributed by atoms with van der Waals surface area (Å²) in [5.41, 5.74) is 3.68. The second kappa shape index (κ2) is 7.08. The van der Waals surface area contributed by atoms with Gasteiger partial charge in [-0.15, -0.1) is 0 Å². The number of benzene rings is 2. The van der Waals surface area contributed by atoms with Crippen LogP contribution in [0.25, 0.3) is 22.1 Å². The van der Waals surface area contributed by atoms with Gasteiger partial charge in [-0.25, -0.2) is 9.78 Å². The molecule has 0 saturated carbocycles. The lowest BCUT2D eigenvalue weighted by molar-refractivity contribution is 0.102. The maximum Gasteiger partial charge on any atom is 0.323 e. The molecule has 2 aromatic heterocycles. The number of nitrogens with zero attached hydrogens (tertiary/aromatic N) is 2. The molecule has 7 heteroatoms. The van der Waals surface area contributed by atoms with E-state index < -0.39 is 0 Å². The average molecular weight is 380 g/mol. The fourth-order valence-corrected chi connectivity index (χ4v) is 4.04. The summed E-state index contributed by atoms with van der Waals surface area (Å²) in [6.07, 6.45) is 0. The number of hydrogen-bond donors (Lipinski definition) is 2. The number of imidazole rings is 2. The third-order valence-electron chi connectivity index (χ3n) is 4.34. The second-order valence-corrected chi connectivity index (χ2v) is 7.88. The van der Waals surface area contributed by atoms with Gasteiger partial charge in [0, 0.05) is 12.1 Å². The summed E-state index contributed by atoms with van der Waals surface area (Å²) in [4.78, 5) is 34.1. The van der Waals surface area contributed by atoms with Gasteiger partial charge in [0.1, 0.15) is 0 Å². The molecule has 4 rings (SSSR count). The maximum atomic E-state index is 12.7. The summed E-state index contributed by atoms with van der Waals surface area (Å²) < 4.78 is 2.19. The van der Waals surface area contributed by atoms with Gasteiger partial charge in [0.25, 0.3) is 0 Å². The van der Waals surface area contributed by atoms with Crippen LogP contribution >= 0.6 is 11.8 Å². The summed E-state index contributed by atoms with van der Waals surface area (Å²) in [6, 6.07) is 13.2. The number of fused-ring (bicyclic) bond motifs is 2. The smallest absolute Gasteiger partial charge is 0.319 e. The van der Waals surface area contributed by atoms with Crippen molar-refractivity contribution in [3.05, 3.63) is 58.5 Å². The van der Waals surface area contributed by atoms with Crippen LogP contribution in [0.2, 0.25) is 0 Å². The molecule has 0 aliphatic heterocycles. The fraction of sp³-hybridized carbons (Fsp3) is 0.250. The Labute approximate surface area is 160 Å². The van der Waals surface area contributed by atoms with Gasteiger partial charge in [0.2, 0.25) is 0 Å². The predicted octanol–water partition coefficient (Wildman–Crippen LogP) is 3.84. The number of hydrogen-bond acceptors (Lipinski definition) is 4. The van der Waals surface area contributed by atoms with Gasteiger partial charge in [-0.1, -0.05) is 37.7 Å². The molecular weight excluding hydrogens is 360 g/mol. The Morgan fingerprint density at radius 3 is 2.74 bits per heavy atom. The van der Waals surface area contributed by atoms with E-state index in [1.807, 2.05) is 18.2 Å². The van der Waals surface area contributed by atoms with Crippen molar-refractivity contribution in [3.8, 4) is 0 Å². The molecule has 0 saturated heterocycles. The molecule has 2 heterocycles. The Kier molecular flexibility index (Phi) is 4.61. The van der Waals surface area contributed by atoms with Crippen molar-refractivity contribution in [1.82, 2.24) is 19.5 Å². The minimum absolute atomic E-state index is 0.00658. The predicted molar refractivity (Wildman–Crippen MR) is 109 cm³/mol. The number of thioether (sulfide) groups is 1. The summed E-state index contributed by atoms with van der Waals surface area (Å²) in [5, 5.41) is 0.856. The third kappa shape index (κ3) is 3.55. The first-order valence-corrected chi connectivity index (χ1v) is 9.83. The quantitative estimate of drug-likeness (QED) is 0.393. The zero-order valence-electron chi connectivity index (χ0n) is 15.2. The highest BCUT2D eigenvalue weighted by Crippen LogP contribution is 2.26. The molecular formula is C20H20N4O2S. The Balaban J connectivity index is 1.58. The van der Waals surface area contributed by atoms with E-state index in [1.54, 1.807) is 18.2 Å². The van der Waals surface area contributed by atoms with Crippen LogP contribution in [0, 0.1) is 5.92 Å². The Morgan fingerprint density at radius 1 is 1.15 bits per heavy atom. The van der Waals surface area contributed by atoms with Crippen molar-refractivity contribution < 1.29 is 4.79 Å². The lowest BCUT2D eigenvalue weighted by Crippen LogP contribution is -2.08. The van der Waals surface area contributed by atoms with E-state index in [-0.39, 0.29) is 11.5 Å². The topological polar surface area (TPSA) is 83.5 Å². The first-order chi connectivity index (χ1) is 13.0. The van der Waals surface area contributed by atoms with Crippen LogP contribution in [0.5, 0.6) is 0 Å². The van der Waals surface area contributed by atoms with E-state index in [9.17, 15) is 9.59 Å². The second-order valence-electron chi connectivity index (χ2n) is 6.94. The van der Waals surface area contributed by atoms with E-state index in [0.717, 1.165) is 22.7 Å². The molecule has 0 atom stereocenters. The number of para-hydroxylation sites is 2. The summed E-state index contributed by atoms with van der Waals surface area (Å²) in [6.45, 7) is 5.19.